The first kappa shape index (κ1) is 21.1. The number of benzene rings is 1. The van der Waals surface area contributed by atoms with Gasteiger partial charge in [-0.1, -0.05) is 30.3 Å². The van der Waals surface area contributed by atoms with Gasteiger partial charge in [0.05, 0.1) is 0 Å². The number of ether oxygens (including phenoxy) is 1. The molecule has 2 aromatic rings. The number of hydrogen-bond acceptors (Lipinski definition) is 6. The first-order chi connectivity index (χ1) is 13.3. The van der Waals surface area contributed by atoms with Crippen molar-refractivity contribution < 1.29 is 27.5 Å². The Balaban J connectivity index is 1.74. The van der Waals surface area contributed by atoms with Crippen molar-refractivity contribution in [1.82, 2.24) is 14.6 Å². The van der Waals surface area contributed by atoms with Crippen molar-refractivity contribution in [2.45, 2.75) is 0 Å². The van der Waals surface area contributed by atoms with Crippen molar-refractivity contribution >= 4 is 33.9 Å². The monoisotopic (exact) mass is 405 g/mol. The van der Waals surface area contributed by atoms with Gasteiger partial charge in [0.2, 0.25) is 10.0 Å². The zero-order valence-corrected chi connectivity index (χ0v) is 15.8. The molecule has 0 unspecified atom stereocenters. The smallest absolute Gasteiger partial charge is 0.321 e. The van der Waals surface area contributed by atoms with Gasteiger partial charge in [0.1, 0.15) is 12.2 Å². The van der Waals surface area contributed by atoms with E-state index < -0.39 is 41.0 Å². The first-order valence-electron chi connectivity index (χ1n) is 8.11. The highest BCUT2D eigenvalue weighted by molar-refractivity contribution is 7.92. The molecule has 0 aliphatic rings. The van der Waals surface area contributed by atoms with Crippen LogP contribution < -0.4 is 10.0 Å². The third kappa shape index (κ3) is 6.82. The summed E-state index contributed by atoms with van der Waals surface area (Å²) < 4.78 is 31.8. The number of sulfonamides is 1. The number of aromatic nitrogens is 1. The summed E-state index contributed by atoms with van der Waals surface area (Å²) in [6.45, 7) is -1.36. The zero-order chi connectivity index (χ0) is 20.6. The number of hydrogen-bond donors (Lipinski definition) is 2. The summed E-state index contributed by atoms with van der Waals surface area (Å²) in [4.78, 5) is 35.1. The molecule has 0 bridgehead atoms. The second-order valence-corrected chi connectivity index (χ2v) is 7.27. The van der Waals surface area contributed by atoms with Crippen LogP contribution >= 0.6 is 0 Å². The molecule has 148 valence electrons. The Kier molecular flexibility index (Phi) is 7.24. The summed E-state index contributed by atoms with van der Waals surface area (Å²) >= 11 is 0. The van der Waals surface area contributed by atoms with E-state index in [-0.39, 0.29) is 5.69 Å². The molecule has 28 heavy (non-hydrogen) atoms. The molecule has 0 aliphatic carbocycles. The number of aryl methyl sites for hydroxylation is 1. The molecular weight excluding hydrogens is 386 g/mol. The fourth-order valence-electron chi connectivity index (χ4n) is 2.06. The van der Waals surface area contributed by atoms with Gasteiger partial charge in [0.25, 0.3) is 11.8 Å². The van der Waals surface area contributed by atoms with E-state index in [1.807, 2.05) is 4.72 Å². The molecule has 0 radical (unpaired) electrons. The van der Waals surface area contributed by atoms with Crippen LogP contribution in [0.5, 0.6) is 0 Å². The third-order valence-corrected chi connectivity index (χ3v) is 4.49. The van der Waals surface area contributed by atoms with E-state index in [4.69, 9.17) is 0 Å². The minimum atomic E-state index is -3.86. The van der Waals surface area contributed by atoms with Crippen LogP contribution in [0.25, 0.3) is 6.08 Å². The summed E-state index contributed by atoms with van der Waals surface area (Å²) in [5, 5.41) is 2.98. The molecular formula is C18H19N3O6S. The maximum atomic E-state index is 11.8. The summed E-state index contributed by atoms with van der Waals surface area (Å²) in [5.41, 5.74) is 0.938. The fraction of sp³-hybridized carbons (Fsp3) is 0.167. The summed E-state index contributed by atoms with van der Waals surface area (Å²) in [7, 11) is -2.22. The predicted molar refractivity (Wildman–Crippen MR) is 101 cm³/mol. The quantitative estimate of drug-likeness (QED) is 0.614. The largest absolute Gasteiger partial charge is 0.455 e. The second-order valence-electron chi connectivity index (χ2n) is 5.62. The fourth-order valence-corrected chi connectivity index (χ4v) is 2.81. The summed E-state index contributed by atoms with van der Waals surface area (Å²) in [6, 6.07) is 11.9. The molecule has 2 amide bonds. The van der Waals surface area contributed by atoms with Crippen LogP contribution in [0.2, 0.25) is 0 Å². The van der Waals surface area contributed by atoms with E-state index in [9.17, 15) is 22.8 Å². The summed E-state index contributed by atoms with van der Waals surface area (Å²) in [5.74, 6) is -2.43. The van der Waals surface area contributed by atoms with Crippen LogP contribution in [-0.4, -0.2) is 43.9 Å². The first-order valence-corrected chi connectivity index (χ1v) is 9.65. The number of esters is 1. The van der Waals surface area contributed by atoms with Crippen molar-refractivity contribution in [2.75, 3.05) is 13.2 Å². The van der Waals surface area contributed by atoms with E-state index in [1.54, 1.807) is 49.6 Å². The molecule has 10 heteroatoms. The minimum Gasteiger partial charge on any atom is -0.455 e. The lowest BCUT2D eigenvalue weighted by molar-refractivity contribution is -0.147. The van der Waals surface area contributed by atoms with Gasteiger partial charge in [-0.2, -0.15) is 0 Å². The predicted octanol–water partition coefficient (Wildman–Crippen LogP) is 0.415. The third-order valence-electron chi connectivity index (χ3n) is 3.45. The van der Waals surface area contributed by atoms with Crippen molar-refractivity contribution in [3.05, 3.63) is 65.3 Å². The molecule has 0 saturated heterocycles. The normalized spacial score (nSPS) is 11.3. The molecule has 0 fully saturated rings. The van der Waals surface area contributed by atoms with Gasteiger partial charge in [0.15, 0.2) is 6.61 Å². The molecule has 2 N–H and O–H groups in total. The molecule has 0 spiro atoms. The molecule has 1 aromatic heterocycles. The molecule has 9 nitrogen and oxygen atoms in total. The standard InChI is InChI=1S/C18H19N3O6S/c1-21-10-5-8-15(21)18(24)20-16(22)13-27-17(23)12-19-28(25,26)11-9-14-6-3-2-4-7-14/h2-11,19H,12-13H2,1H3,(H,20,22,24)/b11-9+. The highest BCUT2D eigenvalue weighted by Crippen LogP contribution is 2.02. The Morgan fingerprint density at radius 2 is 1.82 bits per heavy atom. The van der Waals surface area contributed by atoms with E-state index in [0.29, 0.717) is 5.56 Å². The topological polar surface area (TPSA) is 124 Å². The molecule has 2 rings (SSSR count). The van der Waals surface area contributed by atoms with Crippen LogP contribution in [-0.2, 0) is 31.4 Å². The average Bonchev–Trinajstić information content (AvgIpc) is 3.10. The Labute approximate surface area is 162 Å². The van der Waals surface area contributed by atoms with Gasteiger partial charge in [-0.05, 0) is 23.8 Å². The van der Waals surface area contributed by atoms with Crippen LogP contribution in [0, 0.1) is 0 Å². The number of nitrogens with one attached hydrogen (secondary N) is 2. The maximum Gasteiger partial charge on any atom is 0.321 e. The number of nitrogens with zero attached hydrogens (tertiary/aromatic N) is 1. The molecule has 0 atom stereocenters. The van der Waals surface area contributed by atoms with Crippen LogP contribution in [0.1, 0.15) is 16.1 Å². The molecule has 0 aliphatic heterocycles. The average molecular weight is 405 g/mol. The summed E-state index contributed by atoms with van der Waals surface area (Å²) in [6.07, 6.45) is 3.01. The number of imide groups is 1. The van der Waals surface area contributed by atoms with E-state index in [1.165, 1.54) is 16.7 Å². The molecule has 1 aromatic carbocycles. The van der Waals surface area contributed by atoms with Crippen molar-refractivity contribution in [2.24, 2.45) is 7.05 Å². The van der Waals surface area contributed by atoms with Gasteiger partial charge in [-0.25, -0.2) is 13.1 Å². The van der Waals surface area contributed by atoms with Crippen molar-refractivity contribution in [1.29, 1.82) is 0 Å². The number of amides is 2. The van der Waals surface area contributed by atoms with E-state index >= 15 is 0 Å². The maximum absolute atomic E-state index is 11.8. The lowest BCUT2D eigenvalue weighted by atomic mass is 10.2. The van der Waals surface area contributed by atoms with Crippen molar-refractivity contribution in [3.63, 3.8) is 0 Å². The van der Waals surface area contributed by atoms with Gasteiger partial charge in [-0.3, -0.25) is 19.7 Å². The minimum absolute atomic E-state index is 0.262. The Morgan fingerprint density at radius 3 is 2.46 bits per heavy atom. The molecule has 0 saturated carbocycles. The van der Waals surface area contributed by atoms with Gasteiger partial charge >= 0.3 is 5.97 Å². The van der Waals surface area contributed by atoms with Crippen LogP contribution in [0.4, 0.5) is 0 Å². The Bertz CT molecular complexity index is 980. The SMILES string of the molecule is Cn1cccc1C(=O)NC(=O)COC(=O)CNS(=O)(=O)/C=C/c1ccccc1. The highest BCUT2D eigenvalue weighted by atomic mass is 32.2. The lowest BCUT2D eigenvalue weighted by Gasteiger charge is -2.07. The lowest BCUT2D eigenvalue weighted by Crippen LogP contribution is -2.36. The number of rotatable bonds is 8. The number of carbonyl (C=O) groups is 3. The van der Waals surface area contributed by atoms with Crippen molar-refractivity contribution in [3.8, 4) is 0 Å². The van der Waals surface area contributed by atoms with Gasteiger partial charge in [-0.15, -0.1) is 0 Å². The van der Waals surface area contributed by atoms with Gasteiger partial charge < -0.3 is 9.30 Å². The number of carbonyl (C=O) groups excluding carboxylic acids is 3. The molecule has 1 heterocycles. The Morgan fingerprint density at radius 1 is 1.11 bits per heavy atom. The van der Waals surface area contributed by atoms with Crippen LogP contribution in [0.3, 0.4) is 0 Å². The second kappa shape index (κ2) is 9.62. The van der Waals surface area contributed by atoms with Gasteiger partial charge in [0, 0.05) is 18.7 Å². The van der Waals surface area contributed by atoms with E-state index in [2.05, 4.69) is 10.1 Å². The van der Waals surface area contributed by atoms with Crippen LogP contribution in [0.15, 0.2) is 54.1 Å². The zero-order valence-electron chi connectivity index (χ0n) is 15.0. The Hall–Kier alpha value is -3.24. The highest BCUT2D eigenvalue weighted by Gasteiger charge is 2.15. The van der Waals surface area contributed by atoms with E-state index in [0.717, 1.165) is 5.41 Å².